The van der Waals surface area contributed by atoms with Gasteiger partial charge in [-0.1, -0.05) is 19.1 Å². The molecule has 1 rings (SSSR count). The molecule has 1 aromatic rings. The van der Waals surface area contributed by atoms with E-state index in [0.29, 0.717) is 22.8 Å². The summed E-state index contributed by atoms with van der Waals surface area (Å²) in [6.45, 7) is 3.64. The lowest BCUT2D eigenvalue weighted by molar-refractivity contribution is 0.548. The molecule has 8 heteroatoms. The average Bonchev–Trinajstić information content (AvgIpc) is 2.63. The smallest absolute Gasteiger partial charge is 0.251 e. The van der Waals surface area contributed by atoms with Gasteiger partial charge < -0.3 is 5.73 Å². The molecule has 3 N–H and O–H groups in total. The summed E-state index contributed by atoms with van der Waals surface area (Å²) in [5.41, 5.74) is 5.42. The number of nitrogens with zero attached hydrogens (tertiary/aromatic N) is 1. The van der Waals surface area contributed by atoms with Gasteiger partial charge in [-0.05, 0) is 13.3 Å². The number of hydrogen-bond donors (Lipinski definition) is 2. The lowest BCUT2D eigenvalue weighted by Gasteiger charge is -2.15. The third-order valence-electron chi connectivity index (χ3n) is 2.13. The molecular weight excluding hydrogens is 278 g/mol. The molecule has 0 saturated carbocycles. The lowest BCUT2D eigenvalue weighted by atomic mass is 10.2. The largest absolute Gasteiger partial charge is 0.393 e. The SMILES string of the molecule is CCC(CC(N)=S)NS(=O)(=O)c1cnc(C)s1. The first-order valence-corrected chi connectivity index (χ1v) is 7.79. The van der Waals surface area contributed by atoms with Gasteiger partial charge in [0.05, 0.1) is 16.2 Å². The van der Waals surface area contributed by atoms with E-state index in [1.54, 1.807) is 6.92 Å². The zero-order valence-electron chi connectivity index (χ0n) is 9.63. The van der Waals surface area contributed by atoms with Gasteiger partial charge in [0.15, 0.2) is 4.21 Å². The van der Waals surface area contributed by atoms with Gasteiger partial charge in [-0.2, -0.15) is 0 Å². The second kappa shape index (κ2) is 5.85. The van der Waals surface area contributed by atoms with Gasteiger partial charge in [0.1, 0.15) is 0 Å². The van der Waals surface area contributed by atoms with Crippen molar-refractivity contribution in [3.05, 3.63) is 11.2 Å². The number of thiocarbonyl (C=S) groups is 1. The Morgan fingerprint density at radius 3 is 2.76 bits per heavy atom. The Hall–Kier alpha value is -0.570. The van der Waals surface area contributed by atoms with Crippen molar-refractivity contribution in [1.29, 1.82) is 0 Å². The number of sulfonamides is 1. The molecule has 0 saturated heterocycles. The summed E-state index contributed by atoms with van der Waals surface area (Å²) < 4.78 is 26.7. The molecule has 1 atom stereocenters. The highest BCUT2D eigenvalue weighted by Crippen LogP contribution is 2.18. The van der Waals surface area contributed by atoms with Crippen LogP contribution in [0.15, 0.2) is 10.4 Å². The minimum atomic E-state index is -3.51. The van der Waals surface area contributed by atoms with Crippen LogP contribution < -0.4 is 10.5 Å². The van der Waals surface area contributed by atoms with Crippen molar-refractivity contribution in [3.8, 4) is 0 Å². The summed E-state index contributed by atoms with van der Waals surface area (Å²) in [4.78, 5) is 4.23. The van der Waals surface area contributed by atoms with Crippen LogP contribution >= 0.6 is 23.6 Å². The number of nitrogens with two attached hydrogens (primary N) is 1. The summed E-state index contributed by atoms with van der Waals surface area (Å²) in [6, 6.07) is -0.264. The fourth-order valence-electron chi connectivity index (χ4n) is 1.26. The second-order valence-corrected chi connectivity index (χ2v) is 7.30. The summed E-state index contributed by atoms with van der Waals surface area (Å²) in [7, 11) is -3.51. The van der Waals surface area contributed by atoms with Crippen LogP contribution in [0.2, 0.25) is 0 Å². The molecule has 0 aliphatic heterocycles. The molecule has 0 fully saturated rings. The molecule has 1 aromatic heterocycles. The molecule has 0 aromatic carbocycles. The summed E-state index contributed by atoms with van der Waals surface area (Å²) in [6.07, 6.45) is 2.35. The number of thiazole rings is 1. The van der Waals surface area contributed by atoms with Gasteiger partial charge in [-0.3, -0.25) is 0 Å². The first kappa shape index (κ1) is 14.5. The lowest BCUT2D eigenvalue weighted by Crippen LogP contribution is -2.36. The van der Waals surface area contributed by atoms with Crippen molar-refractivity contribution >= 4 is 38.6 Å². The standard InChI is InChI=1S/C9H15N3O2S3/c1-3-7(4-8(10)15)12-17(13,14)9-5-11-6(2)16-9/h5,7,12H,3-4H2,1-2H3,(H2,10,15). The van der Waals surface area contributed by atoms with Crippen LogP contribution in [0.1, 0.15) is 24.8 Å². The predicted molar refractivity (Wildman–Crippen MR) is 72.7 cm³/mol. The van der Waals surface area contributed by atoms with Crippen LogP contribution in [-0.4, -0.2) is 24.4 Å². The van der Waals surface area contributed by atoms with Crippen LogP contribution in [-0.2, 0) is 10.0 Å². The zero-order chi connectivity index (χ0) is 13.1. The first-order chi connectivity index (χ1) is 7.85. The van der Waals surface area contributed by atoms with Gasteiger partial charge in [0.2, 0.25) is 0 Å². The minimum absolute atomic E-state index is 0.219. The van der Waals surface area contributed by atoms with Crippen molar-refractivity contribution in [2.45, 2.75) is 36.9 Å². The number of hydrogen-bond acceptors (Lipinski definition) is 5. The summed E-state index contributed by atoms with van der Waals surface area (Å²) >= 11 is 5.92. The minimum Gasteiger partial charge on any atom is -0.393 e. The van der Waals surface area contributed by atoms with E-state index in [2.05, 4.69) is 9.71 Å². The Balaban J connectivity index is 2.81. The Labute approximate surface area is 110 Å². The second-order valence-electron chi connectivity index (χ2n) is 3.60. The van der Waals surface area contributed by atoms with Crippen molar-refractivity contribution in [2.75, 3.05) is 0 Å². The molecule has 0 aliphatic rings. The maximum absolute atomic E-state index is 12.0. The molecule has 1 unspecified atom stereocenters. The normalized spacial score (nSPS) is 13.5. The van der Waals surface area contributed by atoms with Gasteiger partial charge in [0, 0.05) is 12.5 Å². The Bertz CT molecular complexity index is 495. The molecule has 0 aliphatic carbocycles. The third-order valence-corrected chi connectivity index (χ3v) is 5.19. The number of aromatic nitrogens is 1. The Kier molecular flexibility index (Phi) is 4.99. The molecule has 0 bridgehead atoms. The molecule has 5 nitrogen and oxygen atoms in total. The van der Waals surface area contributed by atoms with Crippen molar-refractivity contribution in [2.24, 2.45) is 5.73 Å². The third kappa shape index (κ3) is 4.30. The van der Waals surface area contributed by atoms with Crippen LogP contribution in [0.3, 0.4) is 0 Å². The number of rotatable bonds is 6. The maximum atomic E-state index is 12.0. The first-order valence-electron chi connectivity index (χ1n) is 5.08. The molecule has 0 spiro atoms. The summed E-state index contributed by atoms with van der Waals surface area (Å²) in [5.74, 6) is 0. The van der Waals surface area contributed by atoms with E-state index in [1.165, 1.54) is 6.20 Å². The van der Waals surface area contributed by atoms with Crippen LogP contribution in [0.25, 0.3) is 0 Å². The molecular formula is C9H15N3O2S3. The maximum Gasteiger partial charge on any atom is 0.251 e. The monoisotopic (exact) mass is 293 g/mol. The van der Waals surface area contributed by atoms with Gasteiger partial charge in [-0.25, -0.2) is 18.1 Å². The fourth-order valence-corrected chi connectivity index (χ4v) is 3.90. The van der Waals surface area contributed by atoms with Gasteiger partial charge in [0.25, 0.3) is 10.0 Å². The predicted octanol–water partition coefficient (Wildman–Crippen LogP) is 1.18. The zero-order valence-corrected chi connectivity index (χ0v) is 12.1. The van der Waals surface area contributed by atoms with Crippen molar-refractivity contribution in [3.63, 3.8) is 0 Å². The van der Waals surface area contributed by atoms with Crippen LogP contribution in [0.5, 0.6) is 0 Å². The van der Waals surface area contributed by atoms with Crippen molar-refractivity contribution < 1.29 is 8.42 Å². The average molecular weight is 293 g/mol. The Morgan fingerprint density at radius 1 is 1.71 bits per heavy atom. The summed E-state index contributed by atoms with van der Waals surface area (Å²) in [5, 5.41) is 0.716. The van der Waals surface area contributed by atoms with E-state index in [0.717, 1.165) is 11.3 Å². The van der Waals surface area contributed by atoms with E-state index in [4.69, 9.17) is 18.0 Å². The fraction of sp³-hybridized carbons (Fsp3) is 0.556. The highest BCUT2D eigenvalue weighted by molar-refractivity contribution is 7.91. The molecule has 1 heterocycles. The Morgan fingerprint density at radius 2 is 2.35 bits per heavy atom. The molecule has 0 amide bonds. The number of aryl methyl sites for hydroxylation is 1. The van der Waals surface area contributed by atoms with Crippen molar-refractivity contribution in [1.82, 2.24) is 9.71 Å². The topological polar surface area (TPSA) is 85.1 Å². The van der Waals surface area contributed by atoms with Gasteiger partial charge in [-0.15, -0.1) is 11.3 Å². The van der Waals surface area contributed by atoms with Crippen LogP contribution in [0.4, 0.5) is 0 Å². The van der Waals surface area contributed by atoms with E-state index in [9.17, 15) is 8.42 Å². The van der Waals surface area contributed by atoms with Gasteiger partial charge >= 0.3 is 0 Å². The van der Waals surface area contributed by atoms with Crippen LogP contribution in [0, 0.1) is 6.92 Å². The molecule has 96 valence electrons. The van der Waals surface area contributed by atoms with E-state index < -0.39 is 10.0 Å². The molecule has 0 radical (unpaired) electrons. The van der Waals surface area contributed by atoms with E-state index in [-0.39, 0.29) is 10.3 Å². The van der Waals surface area contributed by atoms with E-state index >= 15 is 0 Å². The highest BCUT2D eigenvalue weighted by atomic mass is 32.2. The molecule has 17 heavy (non-hydrogen) atoms. The van der Waals surface area contributed by atoms with E-state index in [1.807, 2.05) is 6.92 Å². The quantitative estimate of drug-likeness (QED) is 0.769. The number of nitrogens with one attached hydrogen (secondary N) is 1. The highest BCUT2D eigenvalue weighted by Gasteiger charge is 2.21.